The third-order valence-electron chi connectivity index (χ3n) is 5.96. The van der Waals surface area contributed by atoms with Crippen LogP contribution in [-0.2, 0) is 11.3 Å². The fraction of sp³-hybridized carbons (Fsp3) is 0.320. The van der Waals surface area contributed by atoms with Crippen LogP contribution >= 0.6 is 0 Å². The van der Waals surface area contributed by atoms with Crippen LogP contribution in [0.5, 0.6) is 0 Å². The molecule has 2 aromatic carbocycles. The topological polar surface area (TPSA) is 67.2 Å². The van der Waals surface area contributed by atoms with Crippen LogP contribution in [0.4, 0.5) is 11.4 Å². The summed E-state index contributed by atoms with van der Waals surface area (Å²) in [6, 6.07) is 17.4. The van der Waals surface area contributed by atoms with Gasteiger partial charge in [0.1, 0.15) is 0 Å². The Morgan fingerprint density at radius 1 is 1.10 bits per heavy atom. The second kappa shape index (κ2) is 9.16. The first-order valence-electron chi connectivity index (χ1n) is 10.7. The minimum Gasteiger partial charge on any atom is -0.369 e. The van der Waals surface area contributed by atoms with Crippen molar-refractivity contribution in [2.24, 2.45) is 5.92 Å². The van der Waals surface area contributed by atoms with Crippen molar-refractivity contribution in [2.75, 3.05) is 23.3 Å². The lowest BCUT2D eigenvalue weighted by molar-refractivity contribution is -0.120. The molecule has 1 aliphatic rings. The number of aryl methyl sites for hydroxylation is 2. The number of carbonyl (C=O) groups excluding carboxylic acids is 1. The first kappa shape index (κ1) is 20.8. The lowest BCUT2D eigenvalue weighted by Gasteiger charge is -2.33. The minimum atomic E-state index is -0.136. The van der Waals surface area contributed by atoms with Crippen molar-refractivity contribution in [2.45, 2.75) is 33.2 Å². The highest BCUT2D eigenvalue weighted by Gasteiger charge is 2.26. The number of hydrogen-bond acceptors (Lipinski definition) is 4. The second-order valence-electron chi connectivity index (χ2n) is 8.27. The summed E-state index contributed by atoms with van der Waals surface area (Å²) in [5.41, 5.74) is 4.86. The fourth-order valence-electron chi connectivity index (χ4n) is 3.96. The van der Waals surface area contributed by atoms with Crippen molar-refractivity contribution in [3.8, 4) is 0 Å². The molecule has 0 saturated carbocycles. The van der Waals surface area contributed by atoms with Crippen molar-refractivity contribution in [1.82, 2.24) is 9.78 Å². The van der Waals surface area contributed by atoms with E-state index in [9.17, 15) is 9.59 Å². The molecular weight excluding hydrogens is 388 g/mol. The maximum Gasteiger partial charge on any atom is 0.269 e. The summed E-state index contributed by atoms with van der Waals surface area (Å²) < 4.78 is 1.46. The van der Waals surface area contributed by atoms with Gasteiger partial charge in [0, 0.05) is 24.8 Å². The lowest BCUT2D eigenvalue weighted by Crippen LogP contribution is -2.41. The zero-order chi connectivity index (χ0) is 21.8. The summed E-state index contributed by atoms with van der Waals surface area (Å²) in [6.45, 7) is 5.95. The Morgan fingerprint density at radius 2 is 1.90 bits per heavy atom. The lowest BCUT2D eigenvalue weighted by atomic mass is 9.96. The van der Waals surface area contributed by atoms with E-state index in [1.165, 1.54) is 10.2 Å². The molecule has 1 aromatic heterocycles. The van der Waals surface area contributed by atoms with E-state index in [0.29, 0.717) is 13.1 Å². The summed E-state index contributed by atoms with van der Waals surface area (Å²) in [4.78, 5) is 27.5. The molecule has 1 fully saturated rings. The Morgan fingerprint density at radius 3 is 2.65 bits per heavy atom. The van der Waals surface area contributed by atoms with Crippen molar-refractivity contribution in [3.63, 3.8) is 0 Å². The number of nitrogens with zero attached hydrogens (tertiary/aromatic N) is 3. The fourth-order valence-corrected chi connectivity index (χ4v) is 3.96. The predicted octanol–water partition coefficient (Wildman–Crippen LogP) is 3.76. The SMILES string of the molecule is Cc1ccc(NC(=O)[C@H]2CCCN(c3cnn(Cc4ccccc4)c(=O)c3)C2)cc1C. The molecule has 1 aliphatic heterocycles. The van der Waals surface area contributed by atoms with E-state index in [4.69, 9.17) is 0 Å². The molecule has 2 heterocycles. The Hall–Kier alpha value is -3.41. The van der Waals surface area contributed by atoms with Gasteiger partial charge in [0.15, 0.2) is 0 Å². The Labute approximate surface area is 182 Å². The quantitative estimate of drug-likeness (QED) is 0.688. The van der Waals surface area contributed by atoms with Crippen molar-refractivity contribution in [3.05, 3.63) is 87.8 Å². The van der Waals surface area contributed by atoms with Crippen LogP contribution in [0.1, 0.15) is 29.5 Å². The summed E-state index contributed by atoms with van der Waals surface area (Å²) in [5.74, 6) is -0.0968. The summed E-state index contributed by atoms with van der Waals surface area (Å²) in [6.07, 6.45) is 3.47. The number of rotatable bonds is 5. The van der Waals surface area contributed by atoms with Crippen LogP contribution in [0.2, 0.25) is 0 Å². The van der Waals surface area contributed by atoms with E-state index >= 15 is 0 Å². The smallest absolute Gasteiger partial charge is 0.269 e. The molecule has 1 saturated heterocycles. The number of amides is 1. The number of nitrogens with one attached hydrogen (secondary N) is 1. The number of piperidine rings is 1. The van der Waals surface area contributed by atoms with Gasteiger partial charge in [-0.05, 0) is 55.5 Å². The number of anilines is 2. The predicted molar refractivity (Wildman–Crippen MR) is 124 cm³/mol. The Kier molecular flexibility index (Phi) is 6.16. The van der Waals surface area contributed by atoms with Gasteiger partial charge in [-0.15, -0.1) is 0 Å². The van der Waals surface area contributed by atoms with Gasteiger partial charge in [-0.2, -0.15) is 5.10 Å². The minimum absolute atomic E-state index is 0.0262. The molecular formula is C25H28N4O2. The van der Waals surface area contributed by atoms with Crippen LogP contribution in [0.25, 0.3) is 0 Å². The summed E-state index contributed by atoms with van der Waals surface area (Å²) in [7, 11) is 0. The van der Waals surface area contributed by atoms with Crippen LogP contribution in [0, 0.1) is 19.8 Å². The molecule has 160 valence electrons. The third kappa shape index (κ3) is 5.02. The standard InChI is InChI=1S/C25H28N4O2/c1-18-10-11-22(13-19(18)2)27-25(31)21-9-6-12-28(17-21)23-14-24(30)29(26-15-23)16-20-7-4-3-5-8-20/h3-5,7-8,10-11,13-15,21H,6,9,12,16-17H2,1-2H3,(H,27,31)/t21-/m0/s1. The van der Waals surface area contributed by atoms with Crippen LogP contribution < -0.4 is 15.8 Å². The summed E-state index contributed by atoms with van der Waals surface area (Å²) in [5, 5.41) is 7.42. The first-order chi connectivity index (χ1) is 15.0. The molecule has 0 aliphatic carbocycles. The molecule has 1 atom stereocenters. The monoisotopic (exact) mass is 416 g/mol. The maximum absolute atomic E-state index is 12.8. The average molecular weight is 417 g/mol. The number of carbonyl (C=O) groups is 1. The largest absolute Gasteiger partial charge is 0.369 e. The van der Waals surface area contributed by atoms with E-state index in [-0.39, 0.29) is 17.4 Å². The third-order valence-corrected chi connectivity index (χ3v) is 5.96. The highest BCUT2D eigenvalue weighted by molar-refractivity contribution is 5.93. The van der Waals surface area contributed by atoms with E-state index in [1.54, 1.807) is 12.3 Å². The molecule has 4 rings (SSSR count). The van der Waals surface area contributed by atoms with Crippen molar-refractivity contribution in [1.29, 1.82) is 0 Å². The average Bonchev–Trinajstić information content (AvgIpc) is 2.78. The van der Waals surface area contributed by atoms with Gasteiger partial charge in [-0.25, -0.2) is 4.68 Å². The molecule has 0 spiro atoms. The van der Waals surface area contributed by atoms with E-state index in [1.807, 2.05) is 55.5 Å². The molecule has 31 heavy (non-hydrogen) atoms. The Bertz CT molecular complexity index is 1120. The normalized spacial score (nSPS) is 16.2. The van der Waals surface area contributed by atoms with Crippen LogP contribution in [0.3, 0.4) is 0 Å². The molecule has 0 radical (unpaired) electrons. The van der Waals surface area contributed by atoms with Crippen LogP contribution in [-0.4, -0.2) is 28.8 Å². The Balaban J connectivity index is 1.43. The van der Waals surface area contributed by atoms with Crippen molar-refractivity contribution < 1.29 is 4.79 Å². The van der Waals surface area contributed by atoms with Crippen LogP contribution in [0.15, 0.2) is 65.6 Å². The zero-order valence-electron chi connectivity index (χ0n) is 18.0. The first-order valence-corrected chi connectivity index (χ1v) is 10.7. The van der Waals surface area contributed by atoms with Crippen molar-refractivity contribution >= 4 is 17.3 Å². The molecule has 0 unspecified atom stereocenters. The van der Waals surface area contributed by atoms with Gasteiger partial charge in [0.05, 0.1) is 24.3 Å². The van der Waals surface area contributed by atoms with E-state index in [0.717, 1.165) is 41.9 Å². The van der Waals surface area contributed by atoms with Gasteiger partial charge < -0.3 is 10.2 Å². The molecule has 0 bridgehead atoms. The van der Waals surface area contributed by atoms with E-state index in [2.05, 4.69) is 22.2 Å². The molecule has 3 aromatic rings. The number of hydrogen-bond donors (Lipinski definition) is 1. The van der Waals surface area contributed by atoms with Gasteiger partial charge >= 0.3 is 0 Å². The van der Waals surface area contributed by atoms with E-state index < -0.39 is 0 Å². The maximum atomic E-state index is 12.8. The zero-order valence-corrected chi connectivity index (χ0v) is 18.0. The molecule has 1 N–H and O–H groups in total. The molecule has 6 nitrogen and oxygen atoms in total. The summed E-state index contributed by atoms with van der Waals surface area (Å²) >= 11 is 0. The second-order valence-corrected chi connectivity index (χ2v) is 8.27. The van der Waals surface area contributed by atoms with Gasteiger partial charge in [0.2, 0.25) is 5.91 Å². The molecule has 6 heteroatoms. The van der Waals surface area contributed by atoms with Gasteiger partial charge in [0.25, 0.3) is 5.56 Å². The number of benzene rings is 2. The van der Waals surface area contributed by atoms with Gasteiger partial charge in [-0.3, -0.25) is 9.59 Å². The highest BCUT2D eigenvalue weighted by Crippen LogP contribution is 2.23. The molecule has 1 amide bonds. The van der Waals surface area contributed by atoms with Gasteiger partial charge in [-0.1, -0.05) is 36.4 Å². The number of aromatic nitrogens is 2. The highest BCUT2D eigenvalue weighted by atomic mass is 16.2.